The van der Waals surface area contributed by atoms with Crippen LogP contribution in [0.25, 0.3) is 0 Å². The fraction of sp³-hybridized carbons (Fsp3) is 0.611. The molecular formula is C18H27NO2. The van der Waals surface area contributed by atoms with Gasteiger partial charge in [0.1, 0.15) is 5.75 Å². The highest BCUT2D eigenvalue weighted by atomic mass is 16.5. The molecule has 3 heteroatoms. The molecular weight excluding hydrogens is 262 g/mol. The lowest BCUT2D eigenvalue weighted by molar-refractivity contribution is 0.0932. The van der Waals surface area contributed by atoms with Gasteiger partial charge in [0, 0.05) is 5.56 Å². The first-order valence-electron chi connectivity index (χ1n) is 8.21. The molecule has 1 aromatic carbocycles. The second-order valence-corrected chi connectivity index (χ2v) is 5.86. The number of Topliss-reactive ketones (excluding diaryl/α,β-unsaturated/α-hetero) is 1. The van der Waals surface area contributed by atoms with Gasteiger partial charge >= 0.3 is 0 Å². The molecule has 0 bridgehead atoms. The van der Waals surface area contributed by atoms with E-state index in [9.17, 15) is 4.79 Å². The molecule has 21 heavy (non-hydrogen) atoms. The zero-order valence-electron chi connectivity index (χ0n) is 13.3. The molecule has 2 rings (SSSR count). The molecule has 0 N–H and O–H groups in total. The normalized spacial score (nSPS) is 20.0. The van der Waals surface area contributed by atoms with E-state index in [1.54, 1.807) is 0 Å². The molecule has 0 radical (unpaired) electrons. The highest BCUT2D eigenvalue weighted by Crippen LogP contribution is 2.20. The lowest BCUT2D eigenvalue weighted by Crippen LogP contribution is -2.31. The van der Waals surface area contributed by atoms with Crippen LogP contribution in [-0.2, 0) is 0 Å². The summed E-state index contributed by atoms with van der Waals surface area (Å²) in [4.78, 5) is 14.7. The molecule has 0 spiro atoms. The van der Waals surface area contributed by atoms with Gasteiger partial charge in [-0.1, -0.05) is 13.3 Å². The van der Waals surface area contributed by atoms with Crippen LogP contribution >= 0.6 is 0 Å². The number of carbonyl (C=O) groups is 1. The zero-order valence-corrected chi connectivity index (χ0v) is 13.3. The predicted octanol–water partition coefficient (Wildman–Crippen LogP) is 3.78. The number of hydrogen-bond donors (Lipinski definition) is 0. The quantitative estimate of drug-likeness (QED) is 0.746. The first kappa shape index (κ1) is 16.0. The number of ketones is 1. The Hall–Kier alpha value is -1.35. The van der Waals surface area contributed by atoms with Crippen LogP contribution in [0.5, 0.6) is 5.75 Å². The highest BCUT2D eigenvalue weighted by molar-refractivity contribution is 5.97. The van der Waals surface area contributed by atoms with Gasteiger partial charge in [-0.25, -0.2) is 0 Å². The summed E-state index contributed by atoms with van der Waals surface area (Å²) < 4.78 is 5.41. The predicted molar refractivity (Wildman–Crippen MR) is 86.0 cm³/mol. The summed E-state index contributed by atoms with van der Waals surface area (Å²) in [5.74, 6) is 1.89. The van der Waals surface area contributed by atoms with E-state index in [-0.39, 0.29) is 5.78 Å². The lowest BCUT2D eigenvalue weighted by atomic mass is 9.98. The molecule has 1 saturated heterocycles. The Labute approximate surface area is 128 Å². The molecule has 116 valence electrons. The Kier molecular flexibility index (Phi) is 6.24. The molecule has 1 unspecified atom stereocenters. The molecule has 0 aromatic heterocycles. The summed E-state index contributed by atoms with van der Waals surface area (Å²) in [6.45, 7) is 7.54. The van der Waals surface area contributed by atoms with Gasteiger partial charge < -0.3 is 4.74 Å². The number of ether oxygens (including phenoxy) is 1. The maximum absolute atomic E-state index is 12.4. The Morgan fingerprint density at radius 1 is 1.19 bits per heavy atom. The maximum Gasteiger partial charge on any atom is 0.176 e. The summed E-state index contributed by atoms with van der Waals surface area (Å²) in [5.41, 5.74) is 0.787. The molecule has 0 saturated carbocycles. The van der Waals surface area contributed by atoms with E-state index in [2.05, 4.69) is 11.8 Å². The van der Waals surface area contributed by atoms with Crippen LogP contribution in [-0.4, -0.2) is 36.9 Å². The fourth-order valence-electron chi connectivity index (χ4n) is 2.99. The average molecular weight is 289 g/mol. The van der Waals surface area contributed by atoms with Crippen LogP contribution in [0.3, 0.4) is 0 Å². The largest absolute Gasteiger partial charge is 0.494 e. The van der Waals surface area contributed by atoms with Crippen molar-refractivity contribution in [3.8, 4) is 5.75 Å². The van der Waals surface area contributed by atoms with Gasteiger partial charge in [0.05, 0.1) is 13.2 Å². The van der Waals surface area contributed by atoms with Gasteiger partial charge in [0.2, 0.25) is 0 Å². The number of hydrogen-bond acceptors (Lipinski definition) is 3. The number of likely N-dealkylation sites (tertiary alicyclic amines) is 1. The van der Waals surface area contributed by atoms with Crippen molar-refractivity contribution in [1.29, 1.82) is 0 Å². The molecule has 1 atom stereocenters. The van der Waals surface area contributed by atoms with Crippen LogP contribution in [0.1, 0.15) is 49.9 Å². The standard InChI is InChI=1S/C18H27NO2/c1-3-15-6-5-12-19(13-11-15)14-18(20)16-7-9-17(10-8-16)21-4-2/h7-10,15H,3-6,11-14H2,1-2H3. The second-order valence-electron chi connectivity index (χ2n) is 5.86. The Balaban J connectivity index is 1.88. The van der Waals surface area contributed by atoms with E-state index < -0.39 is 0 Å². The highest BCUT2D eigenvalue weighted by Gasteiger charge is 2.18. The van der Waals surface area contributed by atoms with Gasteiger partial charge in [0.15, 0.2) is 5.78 Å². The smallest absolute Gasteiger partial charge is 0.176 e. The topological polar surface area (TPSA) is 29.5 Å². The van der Waals surface area contributed by atoms with Crippen molar-refractivity contribution in [3.63, 3.8) is 0 Å². The summed E-state index contributed by atoms with van der Waals surface area (Å²) in [6, 6.07) is 7.51. The number of nitrogens with zero attached hydrogens (tertiary/aromatic N) is 1. The fourth-order valence-corrected chi connectivity index (χ4v) is 2.99. The minimum Gasteiger partial charge on any atom is -0.494 e. The van der Waals surface area contributed by atoms with Crippen molar-refractivity contribution in [2.45, 2.75) is 39.5 Å². The van der Waals surface area contributed by atoms with Crippen LogP contribution in [0.15, 0.2) is 24.3 Å². The lowest BCUT2D eigenvalue weighted by Gasteiger charge is -2.19. The molecule has 1 fully saturated rings. The summed E-state index contributed by atoms with van der Waals surface area (Å²) >= 11 is 0. The molecule has 1 aliphatic heterocycles. The third kappa shape index (κ3) is 4.85. The van der Waals surface area contributed by atoms with Gasteiger partial charge in [-0.3, -0.25) is 9.69 Å². The van der Waals surface area contributed by atoms with E-state index >= 15 is 0 Å². The Morgan fingerprint density at radius 2 is 1.95 bits per heavy atom. The minimum atomic E-state index is 0.216. The van der Waals surface area contributed by atoms with Crippen LogP contribution in [0, 0.1) is 5.92 Å². The van der Waals surface area contributed by atoms with Crippen molar-refractivity contribution in [1.82, 2.24) is 4.90 Å². The van der Waals surface area contributed by atoms with Gasteiger partial charge in [-0.05, 0) is 69.5 Å². The van der Waals surface area contributed by atoms with Crippen molar-refractivity contribution in [2.24, 2.45) is 5.92 Å². The van der Waals surface area contributed by atoms with Gasteiger partial charge in [-0.15, -0.1) is 0 Å². The number of rotatable bonds is 6. The van der Waals surface area contributed by atoms with E-state index in [4.69, 9.17) is 4.74 Å². The monoisotopic (exact) mass is 289 g/mol. The van der Waals surface area contributed by atoms with E-state index in [0.717, 1.165) is 30.3 Å². The number of carbonyl (C=O) groups excluding carboxylic acids is 1. The first-order valence-corrected chi connectivity index (χ1v) is 8.21. The van der Waals surface area contributed by atoms with Crippen molar-refractivity contribution in [3.05, 3.63) is 29.8 Å². The summed E-state index contributed by atoms with van der Waals surface area (Å²) in [5, 5.41) is 0. The molecule has 0 aliphatic carbocycles. The minimum absolute atomic E-state index is 0.216. The van der Waals surface area contributed by atoms with Gasteiger partial charge in [-0.2, -0.15) is 0 Å². The van der Waals surface area contributed by atoms with E-state index in [1.165, 1.54) is 25.7 Å². The summed E-state index contributed by atoms with van der Waals surface area (Å²) in [7, 11) is 0. The van der Waals surface area contributed by atoms with Crippen LogP contribution in [0.2, 0.25) is 0 Å². The molecule has 0 amide bonds. The molecule has 1 heterocycles. The average Bonchev–Trinajstić information content (AvgIpc) is 2.73. The van der Waals surface area contributed by atoms with E-state index in [1.807, 2.05) is 31.2 Å². The third-order valence-electron chi connectivity index (χ3n) is 4.37. The first-order chi connectivity index (χ1) is 10.2. The molecule has 3 nitrogen and oxygen atoms in total. The SMILES string of the molecule is CCOc1ccc(C(=O)CN2CCCC(CC)CC2)cc1. The van der Waals surface area contributed by atoms with Crippen molar-refractivity contribution >= 4 is 5.78 Å². The Morgan fingerprint density at radius 3 is 2.62 bits per heavy atom. The van der Waals surface area contributed by atoms with Gasteiger partial charge in [0.25, 0.3) is 0 Å². The maximum atomic E-state index is 12.4. The number of benzene rings is 1. The summed E-state index contributed by atoms with van der Waals surface area (Å²) in [6.07, 6.45) is 5.02. The van der Waals surface area contributed by atoms with Crippen LogP contribution < -0.4 is 4.74 Å². The third-order valence-corrected chi connectivity index (χ3v) is 4.37. The molecule has 1 aliphatic rings. The van der Waals surface area contributed by atoms with Crippen molar-refractivity contribution in [2.75, 3.05) is 26.2 Å². The second kappa shape index (κ2) is 8.18. The Bertz CT molecular complexity index is 441. The molecule has 1 aromatic rings. The van der Waals surface area contributed by atoms with Crippen molar-refractivity contribution < 1.29 is 9.53 Å². The van der Waals surface area contributed by atoms with E-state index in [0.29, 0.717) is 13.2 Å². The zero-order chi connectivity index (χ0) is 15.1. The van der Waals surface area contributed by atoms with Crippen LogP contribution in [0.4, 0.5) is 0 Å².